The summed E-state index contributed by atoms with van der Waals surface area (Å²) in [5.41, 5.74) is -1.91. The smallest absolute Gasteiger partial charge is 0.377 e. The number of hydrogen-bond donors (Lipinski definition) is 1. The summed E-state index contributed by atoms with van der Waals surface area (Å²) in [7, 11) is 0. The Morgan fingerprint density at radius 1 is 1.62 bits per heavy atom. The minimum absolute atomic E-state index is 0.483. The maximum absolute atomic E-state index is 12.9. The van der Waals surface area contributed by atoms with Gasteiger partial charge in [-0.25, -0.2) is 4.39 Å². The van der Waals surface area contributed by atoms with Gasteiger partial charge in [-0.2, -0.15) is 8.78 Å². The normalized spacial score (nSPS) is 21.2. The highest BCUT2D eigenvalue weighted by atomic mass is 79.9. The predicted molar refractivity (Wildman–Crippen MR) is 41.4 cm³/mol. The molecule has 0 unspecified atom stereocenters. The summed E-state index contributed by atoms with van der Waals surface area (Å²) in [5.74, 6) is -1.48. The van der Waals surface area contributed by atoms with E-state index >= 15 is 0 Å². The third-order valence-corrected chi connectivity index (χ3v) is 2.10. The third-order valence-electron chi connectivity index (χ3n) is 1.76. The van der Waals surface area contributed by atoms with Gasteiger partial charge in [-0.1, -0.05) is 0 Å². The van der Waals surface area contributed by atoms with Crippen molar-refractivity contribution < 1.29 is 23.1 Å². The predicted octanol–water partition coefficient (Wildman–Crippen LogP) is 0.517. The van der Waals surface area contributed by atoms with Crippen molar-refractivity contribution in [1.82, 2.24) is 4.90 Å². The number of hydrogen-bond acceptors (Lipinski definition) is 2. The molecule has 3 nitrogen and oxygen atoms in total. The van der Waals surface area contributed by atoms with Crippen LogP contribution in [0.4, 0.5) is 13.2 Å². The molecular formula is C6H7BrF3NO2. The molecule has 1 fully saturated rings. The minimum atomic E-state index is -3.65. The molecule has 1 saturated heterocycles. The number of likely N-dealkylation sites (tertiary alicyclic amines) is 1. The van der Waals surface area contributed by atoms with E-state index in [0.717, 1.165) is 0 Å². The zero-order valence-corrected chi connectivity index (χ0v) is 8.02. The van der Waals surface area contributed by atoms with Gasteiger partial charge in [0.15, 0.2) is 5.67 Å². The van der Waals surface area contributed by atoms with Crippen molar-refractivity contribution in [2.75, 3.05) is 19.7 Å². The lowest BCUT2D eigenvalue weighted by atomic mass is 9.97. The van der Waals surface area contributed by atoms with Gasteiger partial charge in [-0.3, -0.25) is 4.79 Å². The van der Waals surface area contributed by atoms with Crippen LogP contribution in [-0.2, 0) is 4.79 Å². The van der Waals surface area contributed by atoms with E-state index in [0.29, 0.717) is 4.90 Å². The van der Waals surface area contributed by atoms with Crippen LogP contribution in [0.1, 0.15) is 0 Å². The molecule has 0 aliphatic carbocycles. The first-order valence-corrected chi connectivity index (χ1v) is 4.24. The first-order chi connectivity index (χ1) is 5.78. The maximum atomic E-state index is 12.9. The Morgan fingerprint density at radius 3 is 2.38 bits per heavy atom. The quantitative estimate of drug-likeness (QED) is 0.737. The molecule has 1 N–H and O–H groups in total. The fraction of sp³-hybridized carbons (Fsp3) is 0.833. The molecule has 1 heterocycles. The topological polar surface area (TPSA) is 40.5 Å². The fourth-order valence-corrected chi connectivity index (χ4v) is 1.31. The van der Waals surface area contributed by atoms with Gasteiger partial charge in [0.1, 0.15) is 0 Å². The molecule has 0 aromatic rings. The van der Waals surface area contributed by atoms with Crippen LogP contribution < -0.4 is 0 Å². The number of carbonyl (C=O) groups excluding carboxylic acids is 1. The van der Waals surface area contributed by atoms with Crippen molar-refractivity contribution >= 4 is 21.8 Å². The van der Waals surface area contributed by atoms with Crippen LogP contribution >= 0.6 is 15.9 Å². The molecule has 1 amide bonds. The van der Waals surface area contributed by atoms with Crippen molar-refractivity contribution in [3.8, 4) is 0 Å². The average molecular weight is 262 g/mol. The summed E-state index contributed by atoms with van der Waals surface area (Å²) in [4.78, 5) is 7.73. The lowest BCUT2D eigenvalue weighted by Crippen LogP contribution is -2.64. The van der Waals surface area contributed by atoms with Gasteiger partial charge in [0.05, 0.1) is 19.7 Å². The number of halogens is 4. The van der Waals surface area contributed by atoms with E-state index in [4.69, 9.17) is 5.11 Å². The molecule has 0 atom stereocenters. The molecule has 0 saturated carbocycles. The summed E-state index contributed by atoms with van der Waals surface area (Å²) >= 11 is 1.87. The summed E-state index contributed by atoms with van der Waals surface area (Å²) in [6, 6.07) is 0. The highest BCUT2D eigenvalue weighted by Gasteiger charge is 2.51. The largest absolute Gasteiger partial charge is 0.393 e. The van der Waals surface area contributed by atoms with Gasteiger partial charge in [0.2, 0.25) is 0 Å². The zero-order valence-electron chi connectivity index (χ0n) is 6.44. The van der Waals surface area contributed by atoms with E-state index in [1.54, 1.807) is 0 Å². The van der Waals surface area contributed by atoms with Crippen LogP contribution in [-0.4, -0.2) is 46.1 Å². The van der Waals surface area contributed by atoms with Crippen LogP contribution in [0.25, 0.3) is 0 Å². The van der Waals surface area contributed by atoms with Crippen molar-refractivity contribution in [3.63, 3.8) is 0 Å². The second-order valence-electron chi connectivity index (χ2n) is 2.97. The lowest BCUT2D eigenvalue weighted by Gasteiger charge is -2.43. The number of carbonyl (C=O) groups is 1. The molecule has 0 aromatic heterocycles. The molecule has 1 aliphatic heterocycles. The van der Waals surface area contributed by atoms with E-state index in [2.05, 4.69) is 0 Å². The second kappa shape index (κ2) is 3.13. The van der Waals surface area contributed by atoms with Gasteiger partial charge in [-0.15, -0.1) is 0 Å². The number of aliphatic hydroxyl groups excluding tert-OH is 1. The molecule has 1 aliphatic rings. The SMILES string of the molecule is O=C(N1CC(F)(CO)C1)C(F)(F)Br. The fourth-order valence-electron chi connectivity index (χ4n) is 1.06. The van der Waals surface area contributed by atoms with Crippen LogP contribution in [0, 0.1) is 0 Å². The van der Waals surface area contributed by atoms with Gasteiger partial charge < -0.3 is 10.0 Å². The molecule has 1 rings (SSSR count). The third kappa shape index (κ3) is 2.14. The monoisotopic (exact) mass is 261 g/mol. The number of amides is 1. The van der Waals surface area contributed by atoms with Gasteiger partial charge in [0.25, 0.3) is 0 Å². The summed E-state index contributed by atoms with van der Waals surface area (Å²) in [5, 5.41) is 8.44. The molecule has 13 heavy (non-hydrogen) atoms. The highest BCUT2D eigenvalue weighted by molar-refractivity contribution is 9.10. The van der Waals surface area contributed by atoms with Crippen LogP contribution in [0.2, 0.25) is 0 Å². The van der Waals surface area contributed by atoms with Crippen molar-refractivity contribution in [2.45, 2.75) is 10.5 Å². The first kappa shape index (κ1) is 10.8. The first-order valence-electron chi connectivity index (χ1n) is 3.44. The molecule has 0 aromatic carbocycles. The minimum Gasteiger partial charge on any atom is -0.393 e. The number of rotatable bonds is 2. The van der Waals surface area contributed by atoms with Crippen molar-refractivity contribution in [2.24, 2.45) is 0 Å². The number of alkyl halides is 4. The highest BCUT2D eigenvalue weighted by Crippen LogP contribution is 2.31. The molecular weight excluding hydrogens is 255 g/mol. The van der Waals surface area contributed by atoms with Gasteiger partial charge in [0, 0.05) is 15.9 Å². The Kier molecular flexibility index (Phi) is 2.59. The van der Waals surface area contributed by atoms with E-state index in [-0.39, 0.29) is 0 Å². The second-order valence-corrected chi connectivity index (χ2v) is 3.96. The summed E-state index contributed by atoms with van der Waals surface area (Å²) < 4.78 is 37.5. The van der Waals surface area contributed by atoms with E-state index in [1.165, 1.54) is 0 Å². The Bertz CT molecular complexity index is 224. The molecule has 7 heteroatoms. The Hall–Kier alpha value is -0.300. The molecule has 76 valence electrons. The van der Waals surface area contributed by atoms with Crippen LogP contribution in [0.15, 0.2) is 0 Å². The Balaban J connectivity index is 2.49. The van der Waals surface area contributed by atoms with E-state index in [1.807, 2.05) is 15.9 Å². The summed E-state index contributed by atoms with van der Waals surface area (Å²) in [6.07, 6.45) is 0. The molecule has 0 bridgehead atoms. The van der Waals surface area contributed by atoms with Gasteiger partial charge in [-0.05, 0) is 0 Å². The molecule has 0 radical (unpaired) electrons. The Labute approximate surface area is 80.6 Å². The zero-order chi connectivity index (χ0) is 10.3. The number of nitrogens with zero attached hydrogens (tertiary/aromatic N) is 1. The van der Waals surface area contributed by atoms with Crippen molar-refractivity contribution in [1.29, 1.82) is 0 Å². The molecule has 0 spiro atoms. The summed E-state index contributed by atoms with van der Waals surface area (Å²) in [6.45, 7) is -1.72. The lowest BCUT2D eigenvalue weighted by molar-refractivity contribution is -0.162. The Morgan fingerprint density at radius 2 is 2.08 bits per heavy atom. The van der Waals surface area contributed by atoms with Crippen LogP contribution in [0.5, 0.6) is 0 Å². The maximum Gasteiger partial charge on any atom is 0.377 e. The van der Waals surface area contributed by atoms with Crippen LogP contribution in [0.3, 0.4) is 0 Å². The standard InChI is InChI=1S/C6H7BrF3NO2/c7-6(9,10)4(13)11-1-5(8,2-11)3-12/h12H,1-3H2. The van der Waals surface area contributed by atoms with E-state index in [9.17, 15) is 18.0 Å². The average Bonchev–Trinajstić information content (AvgIpc) is 1.95. The van der Waals surface area contributed by atoms with E-state index < -0.39 is 36.1 Å². The number of aliphatic hydroxyl groups is 1. The van der Waals surface area contributed by atoms with Gasteiger partial charge >= 0.3 is 10.7 Å². The van der Waals surface area contributed by atoms with Crippen molar-refractivity contribution in [3.05, 3.63) is 0 Å².